The monoisotopic (exact) mass is 148 g/mol. The number of hydrogen-bond donors (Lipinski definition) is 2. The Kier molecular flexibility index (Phi) is 4.61. The number of primary amides is 1. The Morgan fingerprint density at radius 3 is 2.70 bits per heavy atom. The fraction of sp³-hybridized carbons (Fsp3) is 0.800. The molecule has 60 valence electrons. The highest BCUT2D eigenvalue weighted by Gasteiger charge is 2.03. The largest absolute Gasteiger partial charge is 0.420 e. The lowest BCUT2D eigenvalue weighted by atomic mass is 10.7. The van der Waals surface area contributed by atoms with Gasteiger partial charge in [-0.15, -0.1) is 0 Å². The second-order valence-electron chi connectivity index (χ2n) is 1.66. The van der Waals surface area contributed by atoms with Crippen LogP contribution in [0.15, 0.2) is 0 Å². The molecule has 0 aliphatic heterocycles. The molecule has 0 spiro atoms. The van der Waals surface area contributed by atoms with Crippen LogP contribution in [0.3, 0.4) is 0 Å². The SMILES string of the molecule is CC(OCCN)OC(N)=O. The molecule has 0 fully saturated rings. The predicted octanol–water partition coefficient (Wildman–Crippen LogP) is -0.597. The highest BCUT2D eigenvalue weighted by molar-refractivity contribution is 5.64. The van der Waals surface area contributed by atoms with Gasteiger partial charge in [0, 0.05) is 6.54 Å². The van der Waals surface area contributed by atoms with Crippen molar-refractivity contribution in [3.63, 3.8) is 0 Å². The van der Waals surface area contributed by atoms with Gasteiger partial charge in [-0.1, -0.05) is 0 Å². The van der Waals surface area contributed by atoms with Gasteiger partial charge in [-0.05, 0) is 6.92 Å². The molecule has 0 aliphatic carbocycles. The van der Waals surface area contributed by atoms with Crippen LogP contribution in [0, 0.1) is 0 Å². The summed E-state index contributed by atoms with van der Waals surface area (Å²) in [6.45, 7) is 2.32. The van der Waals surface area contributed by atoms with Crippen molar-refractivity contribution in [1.29, 1.82) is 0 Å². The molecule has 5 nitrogen and oxygen atoms in total. The Hall–Kier alpha value is -0.810. The van der Waals surface area contributed by atoms with E-state index in [1.807, 2.05) is 0 Å². The molecular weight excluding hydrogens is 136 g/mol. The molecule has 0 heterocycles. The lowest BCUT2D eigenvalue weighted by Gasteiger charge is -2.10. The molecule has 4 N–H and O–H groups in total. The van der Waals surface area contributed by atoms with E-state index in [9.17, 15) is 4.79 Å². The Morgan fingerprint density at radius 1 is 1.70 bits per heavy atom. The van der Waals surface area contributed by atoms with Crippen LogP contribution in [0.25, 0.3) is 0 Å². The zero-order valence-electron chi connectivity index (χ0n) is 5.87. The van der Waals surface area contributed by atoms with Crippen molar-refractivity contribution in [3.05, 3.63) is 0 Å². The smallest absolute Gasteiger partial charge is 0.406 e. The van der Waals surface area contributed by atoms with Crippen LogP contribution in [0.4, 0.5) is 4.79 Å². The van der Waals surface area contributed by atoms with Gasteiger partial charge in [0.1, 0.15) is 0 Å². The average molecular weight is 148 g/mol. The van der Waals surface area contributed by atoms with Crippen LogP contribution < -0.4 is 11.5 Å². The number of hydrogen-bond acceptors (Lipinski definition) is 4. The second kappa shape index (κ2) is 5.01. The maximum atomic E-state index is 10.1. The maximum Gasteiger partial charge on any atom is 0.406 e. The van der Waals surface area contributed by atoms with E-state index in [2.05, 4.69) is 4.74 Å². The summed E-state index contributed by atoms with van der Waals surface area (Å²) in [5, 5.41) is 0. The topological polar surface area (TPSA) is 87.6 Å². The standard InChI is InChI=1S/C5H12N2O3/c1-4(9-3-2-6)10-5(7)8/h4H,2-3,6H2,1H3,(H2,7,8). The van der Waals surface area contributed by atoms with E-state index in [4.69, 9.17) is 16.2 Å². The Bertz CT molecular complexity index is 107. The third-order valence-electron chi connectivity index (χ3n) is 0.753. The third-order valence-corrected chi connectivity index (χ3v) is 0.753. The van der Waals surface area contributed by atoms with Gasteiger partial charge in [0.25, 0.3) is 0 Å². The van der Waals surface area contributed by atoms with Crippen LogP contribution in [0.1, 0.15) is 6.92 Å². The van der Waals surface area contributed by atoms with Gasteiger partial charge >= 0.3 is 6.09 Å². The summed E-state index contributed by atoms with van der Waals surface area (Å²) in [5.41, 5.74) is 9.80. The molecule has 0 saturated heterocycles. The Labute approximate surface area is 59.3 Å². The van der Waals surface area contributed by atoms with Crippen molar-refractivity contribution in [1.82, 2.24) is 0 Å². The minimum atomic E-state index is -0.843. The molecule has 0 aromatic heterocycles. The fourth-order valence-corrected chi connectivity index (χ4v) is 0.432. The summed E-state index contributed by atoms with van der Waals surface area (Å²) in [4.78, 5) is 10.1. The molecule has 0 aromatic rings. The van der Waals surface area contributed by atoms with Crippen LogP contribution in [-0.4, -0.2) is 25.5 Å². The highest BCUT2D eigenvalue weighted by atomic mass is 16.7. The Morgan fingerprint density at radius 2 is 2.30 bits per heavy atom. The van der Waals surface area contributed by atoms with Crippen molar-refractivity contribution in [3.8, 4) is 0 Å². The van der Waals surface area contributed by atoms with E-state index < -0.39 is 12.4 Å². The zero-order valence-corrected chi connectivity index (χ0v) is 5.87. The first-order valence-corrected chi connectivity index (χ1v) is 2.94. The summed E-state index contributed by atoms with van der Waals surface area (Å²) in [7, 11) is 0. The van der Waals surface area contributed by atoms with Gasteiger partial charge < -0.3 is 20.9 Å². The van der Waals surface area contributed by atoms with Crippen molar-refractivity contribution >= 4 is 6.09 Å². The quantitative estimate of drug-likeness (QED) is 0.521. The van der Waals surface area contributed by atoms with Crippen molar-refractivity contribution < 1.29 is 14.3 Å². The summed E-state index contributed by atoms with van der Waals surface area (Å²) >= 11 is 0. The van der Waals surface area contributed by atoms with Crippen LogP contribution in [0.5, 0.6) is 0 Å². The number of ether oxygens (including phenoxy) is 2. The summed E-state index contributed by atoms with van der Waals surface area (Å²) in [5.74, 6) is 0. The van der Waals surface area contributed by atoms with Gasteiger partial charge in [-0.2, -0.15) is 0 Å². The molecule has 10 heavy (non-hydrogen) atoms. The molecule has 0 bridgehead atoms. The van der Waals surface area contributed by atoms with Gasteiger partial charge in [-0.25, -0.2) is 4.79 Å². The van der Waals surface area contributed by atoms with E-state index in [-0.39, 0.29) is 0 Å². The van der Waals surface area contributed by atoms with Gasteiger partial charge in [0.05, 0.1) is 6.61 Å². The molecule has 0 aliphatic rings. The fourth-order valence-electron chi connectivity index (χ4n) is 0.432. The average Bonchev–Trinajstić information content (AvgIpc) is 1.82. The summed E-state index contributed by atoms with van der Waals surface area (Å²) < 4.78 is 9.27. The number of rotatable bonds is 4. The zero-order chi connectivity index (χ0) is 7.98. The van der Waals surface area contributed by atoms with Crippen molar-refractivity contribution in [2.45, 2.75) is 13.2 Å². The first-order chi connectivity index (χ1) is 4.66. The number of amides is 1. The molecule has 5 heteroatoms. The first kappa shape index (κ1) is 9.19. The third kappa shape index (κ3) is 5.33. The molecule has 0 aromatic carbocycles. The molecule has 1 unspecified atom stereocenters. The van der Waals surface area contributed by atoms with Crippen molar-refractivity contribution in [2.75, 3.05) is 13.2 Å². The van der Waals surface area contributed by atoms with E-state index in [0.29, 0.717) is 13.2 Å². The number of carbonyl (C=O) groups is 1. The Balaban J connectivity index is 3.25. The molecule has 1 atom stereocenters. The normalized spacial score (nSPS) is 12.6. The van der Waals surface area contributed by atoms with Gasteiger partial charge in [-0.3, -0.25) is 0 Å². The molecule has 0 rings (SSSR count). The number of nitrogens with two attached hydrogens (primary N) is 2. The minimum absolute atomic E-state index is 0.356. The number of carbonyl (C=O) groups excluding carboxylic acids is 1. The molecule has 0 saturated carbocycles. The van der Waals surface area contributed by atoms with E-state index >= 15 is 0 Å². The molecule has 0 radical (unpaired) electrons. The van der Waals surface area contributed by atoms with Crippen LogP contribution in [0.2, 0.25) is 0 Å². The molecular formula is C5H12N2O3. The minimum Gasteiger partial charge on any atom is -0.420 e. The van der Waals surface area contributed by atoms with E-state index in [0.717, 1.165) is 0 Å². The second-order valence-corrected chi connectivity index (χ2v) is 1.66. The van der Waals surface area contributed by atoms with E-state index in [1.54, 1.807) is 6.92 Å². The predicted molar refractivity (Wildman–Crippen MR) is 35.1 cm³/mol. The van der Waals surface area contributed by atoms with Gasteiger partial charge in [0.15, 0.2) is 0 Å². The van der Waals surface area contributed by atoms with Crippen LogP contribution >= 0.6 is 0 Å². The van der Waals surface area contributed by atoms with Crippen LogP contribution in [-0.2, 0) is 9.47 Å². The maximum absolute atomic E-state index is 10.1. The summed E-state index contributed by atoms with van der Waals surface area (Å²) in [6, 6.07) is 0. The lowest BCUT2D eigenvalue weighted by molar-refractivity contribution is -0.0858. The first-order valence-electron chi connectivity index (χ1n) is 2.94. The highest BCUT2D eigenvalue weighted by Crippen LogP contribution is 1.90. The lowest BCUT2D eigenvalue weighted by Crippen LogP contribution is -2.24. The summed E-state index contributed by atoms with van der Waals surface area (Å²) in [6.07, 6.45) is -1.45. The van der Waals surface area contributed by atoms with Gasteiger partial charge in [0.2, 0.25) is 6.29 Å². The van der Waals surface area contributed by atoms with Crippen molar-refractivity contribution in [2.24, 2.45) is 11.5 Å². The molecule has 1 amide bonds. The van der Waals surface area contributed by atoms with E-state index in [1.165, 1.54) is 0 Å².